The van der Waals surface area contributed by atoms with Gasteiger partial charge in [0.05, 0.1) is 19.0 Å². The molecule has 2 amide bonds. The van der Waals surface area contributed by atoms with Crippen LogP contribution in [-0.2, 0) is 16.0 Å². The highest BCUT2D eigenvalue weighted by atomic mass is 16.5. The average molecular weight is 656 g/mol. The van der Waals surface area contributed by atoms with E-state index in [9.17, 15) is 19.5 Å². The van der Waals surface area contributed by atoms with Crippen LogP contribution in [0.5, 0.6) is 5.75 Å². The lowest BCUT2D eigenvalue weighted by Gasteiger charge is -2.43. The summed E-state index contributed by atoms with van der Waals surface area (Å²) in [5.74, 6) is 0.456. The molecule has 2 atom stereocenters. The Morgan fingerprint density at radius 1 is 1.04 bits per heavy atom. The Labute approximate surface area is 281 Å². The number of benzene rings is 2. The van der Waals surface area contributed by atoms with Gasteiger partial charge < -0.3 is 35.6 Å². The maximum atomic E-state index is 13.2. The van der Waals surface area contributed by atoms with Crippen LogP contribution in [-0.4, -0.2) is 71.2 Å². The number of carboxylic acid groups (broad SMARTS) is 1. The van der Waals surface area contributed by atoms with E-state index in [2.05, 4.69) is 25.8 Å². The van der Waals surface area contributed by atoms with Crippen molar-refractivity contribution in [2.75, 3.05) is 34.6 Å². The molecule has 0 unspecified atom stereocenters. The molecule has 4 N–H and O–H groups in total. The van der Waals surface area contributed by atoms with Crippen molar-refractivity contribution in [1.29, 1.82) is 0 Å². The van der Waals surface area contributed by atoms with Gasteiger partial charge in [-0.3, -0.25) is 14.4 Å². The highest BCUT2D eigenvalue weighted by Gasteiger charge is 2.41. The number of nitrogens with one attached hydrogen (secondary N) is 3. The van der Waals surface area contributed by atoms with Crippen molar-refractivity contribution in [3.05, 3.63) is 59.8 Å². The van der Waals surface area contributed by atoms with Gasteiger partial charge in [-0.15, -0.1) is 0 Å². The first kappa shape index (κ1) is 33.2. The van der Waals surface area contributed by atoms with E-state index in [-0.39, 0.29) is 29.9 Å². The summed E-state index contributed by atoms with van der Waals surface area (Å²) >= 11 is 0. The standard InChI is InChI=1S/C36H45N7O5/c1-4-29-34(45)42(2)30-21-37-36(41-32(30)43(29)26-11-7-8-12-26)40-27-18-15-23(20-31(27)48-3)33(44)39-25-16-13-22(14-17-25)19-28(35(46)47)38-24-9-5-6-10-24/h13-18,20-21,24,26,28-29,38H,4-12,19H2,1-3H3,(H,39,44)(H,46,47)(H,37,40,41)/t28-,29+/m0/s1. The zero-order valence-electron chi connectivity index (χ0n) is 27.9. The summed E-state index contributed by atoms with van der Waals surface area (Å²) in [5.41, 5.74) is 3.16. The van der Waals surface area contributed by atoms with Crippen LogP contribution >= 0.6 is 0 Å². The van der Waals surface area contributed by atoms with Crippen molar-refractivity contribution in [3.8, 4) is 5.75 Å². The average Bonchev–Trinajstić information content (AvgIpc) is 3.82. The second-order valence-corrected chi connectivity index (χ2v) is 13.0. The van der Waals surface area contributed by atoms with Crippen LogP contribution in [0.1, 0.15) is 80.6 Å². The third-order valence-corrected chi connectivity index (χ3v) is 9.86. The summed E-state index contributed by atoms with van der Waals surface area (Å²) in [6, 6.07) is 12.0. The Hall–Kier alpha value is -4.71. The van der Waals surface area contributed by atoms with Crippen LogP contribution in [0.4, 0.5) is 28.8 Å². The first-order chi connectivity index (χ1) is 23.2. The molecule has 3 aliphatic rings. The van der Waals surface area contributed by atoms with E-state index in [0.29, 0.717) is 47.2 Å². The van der Waals surface area contributed by atoms with E-state index >= 15 is 0 Å². The number of ether oxygens (including phenoxy) is 1. The lowest BCUT2D eigenvalue weighted by Crippen LogP contribution is -2.55. The predicted octanol–water partition coefficient (Wildman–Crippen LogP) is 5.51. The molecule has 48 heavy (non-hydrogen) atoms. The number of hydrogen-bond donors (Lipinski definition) is 4. The second-order valence-electron chi connectivity index (χ2n) is 13.0. The molecule has 254 valence electrons. The first-order valence-electron chi connectivity index (χ1n) is 17.0. The van der Waals surface area contributed by atoms with Crippen molar-refractivity contribution < 1.29 is 24.2 Å². The number of likely N-dealkylation sites (N-methyl/N-ethyl adjacent to an activating group) is 1. The van der Waals surface area contributed by atoms with Crippen LogP contribution in [0, 0.1) is 0 Å². The molecule has 2 fully saturated rings. The Bertz CT molecular complexity index is 1640. The highest BCUT2D eigenvalue weighted by Crippen LogP contribution is 2.40. The van der Waals surface area contributed by atoms with Gasteiger partial charge in [0.1, 0.15) is 23.5 Å². The third kappa shape index (κ3) is 7.08. The van der Waals surface area contributed by atoms with Crippen molar-refractivity contribution in [2.24, 2.45) is 0 Å². The molecular formula is C36H45N7O5. The summed E-state index contributed by atoms with van der Waals surface area (Å²) < 4.78 is 5.64. The fourth-order valence-electron chi connectivity index (χ4n) is 7.26. The van der Waals surface area contributed by atoms with Crippen LogP contribution in [0.2, 0.25) is 0 Å². The molecule has 2 aromatic carbocycles. The SMILES string of the molecule is CC[C@@H]1C(=O)N(C)c2cnc(Nc3ccc(C(=O)Nc4ccc(C[C@H](NC5CCCC5)C(=O)O)cc4)cc3OC)nc2N1C1CCCC1. The molecule has 0 radical (unpaired) electrons. The number of aromatic nitrogens is 2. The molecule has 0 bridgehead atoms. The van der Waals surface area contributed by atoms with Crippen molar-refractivity contribution in [1.82, 2.24) is 15.3 Å². The number of aliphatic carboxylic acids is 1. The predicted molar refractivity (Wildman–Crippen MR) is 185 cm³/mol. The van der Waals surface area contributed by atoms with E-state index in [1.165, 1.54) is 7.11 Å². The van der Waals surface area contributed by atoms with Gasteiger partial charge in [0.25, 0.3) is 5.91 Å². The fourth-order valence-corrected chi connectivity index (χ4v) is 7.26. The monoisotopic (exact) mass is 655 g/mol. The van der Waals surface area contributed by atoms with Crippen molar-refractivity contribution >= 4 is 46.6 Å². The smallest absolute Gasteiger partial charge is 0.321 e. The number of hydrogen-bond acceptors (Lipinski definition) is 9. The number of amides is 2. The number of methoxy groups -OCH3 is 1. The molecule has 12 nitrogen and oxygen atoms in total. The molecule has 6 rings (SSSR count). The molecule has 0 spiro atoms. The molecule has 1 aliphatic heterocycles. The number of nitrogens with zero attached hydrogens (tertiary/aromatic N) is 4. The van der Waals surface area contributed by atoms with Crippen molar-refractivity contribution in [2.45, 2.75) is 95.3 Å². The van der Waals surface area contributed by atoms with Gasteiger partial charge in [0.2, 0.25) is 11.9 Å². The summed E-state index contributed by atoms with van der Waals surface area (Å²) in [4.78, 5) is 51.5. The number of carbonyl (C=O) groups is 3. The first-order valence-corrected chi connectivity index (χ1v) is 17.0. The van der Waals surface area contributed by atoms with Crippen LogP contribution in [0.25, 0.3) is 0 Å². The Morgan fingerprint density at radius 2 is 1.75 bits per heavy atom. The fraction of sp³-hybridized carbons (Fsp3) is 0.472. The number of rotatable bonds is 12. The number of carbonyl (C=O) groups excluding carboxylic acids is 2. The summed E-state index contributed by atoms with van der Waals surface area (Å²) in [7, 11) is 3.31. The Kier molecular flexibility index (Phi) is 10.1. The largest absolute Gasteiger partial charge is 0.495 e. The minimum absolute atomic E-state index is 0.0614. The van der Waals surface area contributed by atoms with E-state index in [4.69, 9.17) is 9.72 Å². The lowest BCUT2D eigenvalue weighted by atomic mass is 10.0. The zero-order valence-corrected chi connectivity index (χ0v) is 27.9. The lowest BCUT2D eigenvalue weighted by molar-refractivity contribution is -0.139. The maximum absolute atomic E-state index is 13.2. The van der Waals surface area contributed by atoms with Gasteiger partial charge >= 0.3 is 5.97 Å². The van der Waals surface area contributed by atoms with Gasteiger partial charge in [-0.2, -0.15) is 4.98 Å². The van der Waals surface area contributed by atoms with E-state index < -0.39 is 12.0 Å². The second kappa shape index (κ2) is 14.6. The third-order valence-electron chi connectivity index (χ3n) is 9.86. The molecule has 2 saturated carbocycles. The molecule has 2 heterocycles. The van der Waals surface area contributed by atoms with E-state index in [1.807, 2.05) is 19.1 Å². The Balaban J connectivity index is 1.14. The minimum atomic E-state index is -0.857. The minimum Gasteiger partial charge on any atom is -0.495 e. The molecule has 1 aromatic heterocycles. The van der Waals surface area contributed by atoms with Gasteiger partial charge in [-0.25, -0.2) is 4.98 Å². The summed E-state index contributed by atoms with van der Waals surface area (Å²) in [6.07, 6.45) is 11.4. The summed E-state index contributed by atoms with van der Waals surface area (Å²) in [5, 5.41) is 19.2. The highest BCUT2D eigenvalue weighted by molar-refractivity contribution is 6.05. The van der Waals surface area contributed by atoms with Crippen molar-refractivity contribution in [3.63, 3.8) is 0 Å². The summed E-state index contributed by atoms with van der Waals surface area (Å²) in [6.45, 7) is 2.04. The molecular weight excluding hydrogens is 610 g/mol. The molecule has 0 saturated heterocycles. The topological polar surface area (TPSA) is 149 Å². The zero-order chi connectivity index (χ0) is 33.8. The molecule has 2 aliphatic carbocycles. The number of fused-ring (bicyclic) bond motifs is 1. The van der Waals surface area contributed by atoms with E-state index in [1.54, 1.807) is 48.5 Å². The van der Waals surface area contributed by atoms with Crippen LogP contribution in [0.15, 0.2) is 48.7 Å². The van der Waals surface area contributed by atoms with Crippen LogP contribution in [0.3, 0.4) is 0 Å². The normalized spacial score (nSPS) is 18.9. The molecule has 12 heteroatoms. The van der Waals surface area contributed by atoms with E-state index in [0.717, 1.165) is 62.7 Å². The maximum Gasteiger partial charge on any atom is 0.321 e. The quantitative estimate of drug-likeness (QED) is 0.197. The van der Waals surface area contributed by atoms with Crippen LogP contribution < -0.4 is 30.5 Å². The van der Waals surface area contributed by atoms with Gasteiger partial charge in [-0.05, 0) is 74.4 Å². The van der Waals surface area contributed by atoms with Gasteiger partial charge in [0, 0.05) is 30.4 Å². The number of anilines is 5. The molecule has 3 aromatic rings. The number of carboxylic acids is 1. The Morgan fingerprint density at radius 3 is 2.42 bits per heavy atom. The van der Waals surface area contributed by atoms with Gasteiger partial charge in [-0.1, -0.05) is 44.7 Å². The van der Waals surface area contributed by atoms with Gasteiger partial charge in [0.15, 0.2) is 5.82 Å².